The number of rotatable bonds is 14. The largest absolute Gasteiger partial charge is 0.508 e. The van der Waals surface area contributed by atoms with Crippen LogP contribution >= 0.6 is 0 Å². The number of aromatic hydroxyl groups is 1. The fourth-order valence-electron chi connectivity index (χ4n) is 4.43. The predicted octanol–water partition coefficient (Wildman–Crippen LogP) is 7.28. The molecule has 0 radical (unpaired) electrons. The third kappa shape index (κ3) is 9.14. The maximum atomic E-state index is 10.3. The molecule has 0 saturated heterocycles. The van der Waals surface area contributed by atoms with Crippen LogP contribution in [0.2, 0.25) is 0 Å². The van der Waals surface area contributed by atoms with E-state index >= 15 is 0 Å². The monoisotopic (exact) mass is 373 g/mol. The highest BCUT2D eigenvalue weighted by Crippen LogP contribution is 2.25. The van der Waals surface area contributed by atoms with Gasteiger partial charge in [-0.25, -0.2) is 0 Å². The lowest BCUT2D eigenvalue weighted by Crippen LogP contribution is -2.30. The van der Waals surface area contributed by atoms with Gasteiger partial charge in [0.15, 0.2) is 0 Å². The van der Waals surface area contributed by atoms with Crippen molar-refractivity contribution in [1.29, 1.82) is 0 Å². The summed E-state index contributed by atoms with van der Waals surface area (Å²) < 4.78 is 0. The summed E-state index contributed by atoms with van der Waals surface area (Å²) in [4.78, 5) is 0. The summed E-state index contributed by atoms with van der Waals surface area (Å²) in [6.45, 7) is 3.19. The van der Waals surface area contributed by atoms with Crippen LogP contribution in [0.3, 0.4) is 0 Å². The van der Waals surface area contributed by atoms with Crippen molar-refractivity contribution in [3.8, 4) is 5.75 Å². The van der Waals surface area contributed by atoms with Crippen molar-refractivity contribution in [3.63, 3.8) is 0 Å². The lowest BCUT2D eigenvalue weighted by Gasteiger charge is -2.23. The molecule has 154 valence electrons. The molecule has 2 nitrogen and oxygen atoms in total. The second kappa shape index (κ2) is 14.0. The van der Waals surface area contributed by atoms with Gasteiger partial charge in [0.2, 0.25) is 0 Å². The summed E-state index contributed by atoms with van der Waals surface area (Å²) in [5, 5.41) is 14.1. The zero-order chi connectivity index (χ0) is 19.2. The van der Waals surface area contributed by atoms with E-state index in [0.29, 0.717) is 11.8 Å². The molecule has 1 aromatic rings. The molecule has 2 heteroatoms. The first-order chi connectivity index (χ1) is 13.3. The highest BCUT2D eigenvalue weighted by Gasteiger charge is 2.14. The Kier molecular flexibility index (Phi) is 11.6. The van der Waals surface area contributed by atoms with Gasteiger partial charge < -0.3 is 10.4 Å². The van der Waals surface area contributed by atoms with Gasteiger partial charge in [0.1, 0.15) is 5.75 Å². The number of hydrogen-bond donors (Lipinski definition) is 2. The Morgan fingerprint density at radius 2 is 1.48 bits per heavy atom. The van der Waals surface area contributed by atoms with Gasteiger partial charge in [-0.3, -0.25) is 0 Å². The summed E-state index contributed by atoms with van der Waals surface area (Å²) in [5.74, 6) is 0.494. The van der Waals surface area contributed by atoms with Gasteiger partial charge in [-0.15, -0.1) is 0 Å². The number of nitrogens with one attached hydrogen (secondary N) is 1. The topological polar surface area (TPSA) is 32.3 Å². The second-order valence-electron chi connectivity index (χ2n) is 8.56. The number of hydrogen-bond acceptors (Lipinski definition) is 2. The van der Waals surface area contributed by atoms with Crippen molar-refractivity contribution in [3.05, 3.63) is 29.3 Å². The standard InChI is InChI=1S/C25H43NO/c1-2-3-4-5-6-7-8-9-10-14-19-24-22(16-15-20-25(24)27)21-26-23-17-12-11-13-18-23/h15-16,20,23,26-27H,2-14,17-19,21H2,1H3. The maximum Gasteiger partial charge on any atom is 0.119 e. The van der Waals surface area contributed by atoms with Gasteiger partial charge in [-0.05, 0) is 42.9 Å². The van der Waals surface area contributed by atoms with E-state index in [1.807, 2.05) is 12.1 Å². The Bertz CT molecular complexity index is 493. The van der Waals surface area contributed by atoms with Gasteiger partial charge >= 0.3 is 0 Å². The minimum atomic E-state index is 0.494. The Morgan fingerprint density at radius 1 is 0.852 bits per heavy atom. The molecule has 27 heavy (non-hydrogen) atoms. The Morgan fingerprint density at radius 3 is 2.15 bits per heavy atom. The third-order valence-corrected chi connectivity index (χ3v) is 6.22. The molecule has 0 unspecified atom stereocenters. The highest BCUT2D eigenvalue weighted by molar-refractivity contribution is 5.39. The number of phenolic OH excluding ortho intramolecular Hbond substituents is 1. The minimum Gasteiger partial charge on any atom is -0.508 e. The first kappa shape index (κ1) is 22.3. The second-order valence-corrected chi connectivity index (χ2v) is 8.56. The molecule has 0 bridgehead atoms. The van der Waals surface area contributed by atoms with E-state index < -0.39 is 0 Å². The van der Waals surface area contributed by atoms with E-state index in [1.54, 1.807) is 0 Å². The molecule has 1 aromatic carbocycles. The molecule has 0 heterocycles. The van der Waals surface area contributed by atoms with Gasteiger partial charge in [-0.2, -0.15) is 0 Å². The van der Waals surface area contributed by atoms with Gasteiger partial charge in [0, 0.05) is 12.6 Å². The van der Waals surface area contributed by atoms with Crippen LogP contribution in [0.25, 0.3) is 0 Å². The molecular weight excluding hydrogens is 330 g/mol. The van der Waals surface area contributed by atoms with E-state index in [-0.39, 0.29) is 0 Å². The average molecular weight is 374 g/mol. The summed E-state index contributed by atoms with van der Waals surface area (Å²) in [5.41, 5.74) is 2.48. The molecule has 2 rings (SSSR count). The van der Waals surface area contributed by atoms with E-state index in [2.05, 4.69) is 18.3 Å². The van der Waals surface area contributed by atoms with Gasteiger partial charge in [-0.1, -0.05) is 96.1 Å². The summed E-state index contributed by atoms with van der Waals surface area (Å²) in [7, 11) is 0. The molecule has 0 amide bonds. The Hall–Kier alpha value is -1.02. The fourth-order valence-corrected chi connectivity index (χ4v) is 4.43. The van der Waals surface area contributed by atoms with Crippen molar-refractivity contribution in [2.24, 2.45) is 0 Å². The van der Waals surface area contributed by atoms with Crippen LogP contribution in [0.15, 0.2) is 18.2 Å². The van der Waals surface area contributed by atoms with Crippen LogP contribution in [-0.4, -0.2) is 11.1 Å². The fraction of sp³-hybridized carbons (Fsp3) is 0.760. The Labute approximate surface area is 168 Å². The smallest absolute Gasteiger partial charge is 0.119 e. The van der Waals surface area contributed by atoms with Gasteiger partial charge in [0.25, 0.3) is 0 Å². The van der Waals surface area contributed by atoms with Crippen molar-refractivity contribution in [1.82, 2.24) is 5.32 Å². The summed E-state index contributed by atoms with van der Waals surface area (Å²) in [6, 6.07) is 6.72. The average Bonchev–Trinajstić information content (AvgIpc) is 2.70. The van der Waals surface area contributed by atoms with E-state index in [4.69, 9.17) is 0 Å². The van der Waals surface area contributed by atoms with Crippen LogP contribution in [0.4, 0.5) is 0 Å². The summed E-state index contributed by atoms with van der Waals surface area (Å²) >= 11 is 0. The molecular formula is C25H43NO. The molecule has 1 saturated carbocycles. The van der Waals surface area contributed by atoms with Crippen LogP contribution in [-0.2, 0) is 13.0 Å². The van der Waals surface area contributed by atoms with Crippen molar-refractivity contribution in [2.45, 2.75) is 122 Å². The van der Waals surface area contributed by atoms with Crippen LogP contribution in [0.5, 0.6) is 5.75 Å². The van der Waals surface area contributed by atoms with E-state index in [1.165, 1.54) is 107 Å². The highest BCUT2D eigenvalue weighted by atomic mass is 16.3. The molecule has 0 atom stereocenters. The lowest BCUT2D eigenvalue weighted by molar-refractivity contribution is 0.371. The molecule has 0 spiro atoms. The van der Waals surface area contributed by atoms with E-state index in [0.717, 1.165) is 13.0 Å². The number of unbranched alkanes of at least 4 members (excludes halogenated alkanes) is 9. The molecule has 1 aliphatic rings. The minimum absolute atomic E-state index is 0.494. The maximum absolute atomic E-state index is 10.3. The molecule has 0 aliphatic heterocycles. The lowest BCUT2D eigenvalue weighted by atomic mass is 9.94. The first-order valence-electron chi connectivity index (χ1n) is 11.8. The molecule has 1 fully saturated rings. The number of phenols is 1. The quantitative estimate of drug-likeness (QED) is 0.336. The van der Waals surface area contributed by atoms with Crippen LogP contribution in [0.1, 0.15) is 114 Å². The SMILES string of the molecule is CCCCCCCCCCCCc1c(O)cccc1CNC1CCCCC1. The van der Waals surface area contributed by atoms with Crippen molar-refractivity contribution in [2.75, 3.05) is 0 Å². The molecule has 0 aromatic heterocycles. The zero-order valence-corrected chi connectivity index (χ0v) is 17.8. The Balaban J connectivity index is 1.63. The normalized spacial score (nSPS) is 15.3. The summed E-state index contributed by atoms with van der Waals surface area (Å²) in [6.07, 6.45) is 21.4. The predicted molar refractivity (Wildman–Crippen MR) is 117 cm³/mol. The van der Waals surface area contributed by atoms with E-state index in [9.17, 15) is 5.11 Å². The van der Waals surface area contributed by atoms with Crippen LogP contribution < -0.4 is 5.32 Å². The molecule has 2 N–H and O–H groups in total. The van der Waals surface area contributed by atoms with Crippen LogP contribution in [0, 0.1) is 0 Å². The van der Waals surface area contributed by atoms with Gasteiger partial charge in [0.05, 0.1) is 0 Å². The van der Waals surface area contributed by atoms with Crippen molar-refractivity contribution < 1.29 is 5.11 Å². The molecule has 1 aliphatic carbocycles. The van der Waals surface area contributed by atoms with Crippen molar-refractivity contribution >= 4 is 0 Å². The first-order valence-corrected chi connectivity index (χ1v) is 11.8. The zero-order valence-electron chi connectivity index (χ0n) is 17.8. The third-order valence-electron chi connectivity index (χ3n) is 6.22. The number of benzene rings is 1.